The lowest BCUT2D eigenvalue weighted by molar-refractivity contribution is 0.0930. The molecule has 4 nitrogen and oxygen atoms in total. The first-order valence-corrected chi connectivity index (χ1v) is 6.96. The van der Waals surface area contributed by atoms with Crippen LogP contribution < -0.4 is 5.32 Å². The summed E-state index contributed by atoms with van der Waals surface area (Å²) in [5.41, 5.74) is 0.193. The van der Waals surface area contributed by atoms with Gasteiger partial charge in [-0.2, -0.15) is 0 Å². The van der Waals surface area contributed by atoms with Crippen molar-refractivity contribution >= 4 is 28.3 Å². The maximum absolute atomic E-state index is 12.1. The molecule has 0 unspecified atom stereocenters. The second-order valence-electron chi connectivity index (χ2n) is 5.36. The molecule has 0 bridgehead atoms. The summed E-state index contributed by atoms with van der Waals surface area (Å²) in [6.45, 7) is 0.591. The van der Waals surface area contributed by atoms with E-state index in [0.29, 0.717) is 17.4 Å². The van der Waals surface area contributed by atoms with Crippen LogP contribution in [0.3, 0.4) is 0 Å². The summed E-state index contributed by atoms with van der Waals surface area (Å²) in [4.78, 5) is 16.3. The minimum atomic E-state index is -0.252. The quantitative estimate of drug-likeness (QED) is 0.850. The van der Waals surface area contributed by atoms with Crippen molar-refractivity contribution in [2.75, 3.05) is 13.2 Å². The molecule has 0 aliphatic heterocycles. The summed E-state index contributed by atoms with van der Waals surface area (Å²) in [7, 11) is 0. The largest absolute Gasteiger partial charge is 0.396 e. The van der Waals surface area contributed by atoms with E-state index >= 15 is 0 Å². The van der Waals surface area contributed by atoms with Crippen LogP contribution in [0.5, 0.6) is 0 Å². The molecule has 1 saturated carbocycles. The normalized spacial score (nSPS) is 16.1. The Morgan fingerprint density at radius 3 is 2.85 bits per heavy atom. The van der Waals surface area contributed by atoms with Crippen molar-refractivity contribution in [1.29, 1.82) is 0 Å². The van der Waals surface area contributed by atoms with Gasteiger partial charge in [-0.25, -0.2) is 4.98 Å². The number of benzene rings is 1. The van der Waals surface area contributed by atoms with Gasteiger partial charge in [0.05, 0.1) is 6.61 Å². The monoisotopic (exact) mass is 290 g/mol. The maximum atomic E-state index is 12.1. The lowest BCUT2D eigenvalue weighted by Crippen LogP contribution is -2.32. The van der Waals surface area contributed by atoms with Crippen LogP contribution in [-0.2, 0) is 0 Å². The van der Waals surface area contributed by atoms with E-state index in [1.807, 2.05) is 24.3 Å². The van der Waals surface area contributed by atoms with E-state index < -0.39 is 0 Å². The molecule has 1 aromatic carbocycles. The van der Waals surface area contributed by atoms with E-state index in [1.54, 1.807) is 6.07 Å². The zero-order chi connectivity index (χ0) is 14.2. The fourth-order valence-electron chi connectivity index (χ4n) is 2.20. The van der Waals surface area contributed by atoms with Gasteiger partial charge in [-0.05, 0) is 24.3 Å². The van der Waals surface area contributed by atoms with Crippen molar-refractivity contribution < 1.29 is 9.90 Å². The van der Waals surface area contributed by atoms with Gasteiger partial charge in [0, 0.05) is 17.3 Å². The van der Waals surface area contributed by atoms with Gasteiger partial charge in [0.2, 0.25) is 0 Å². The second kappa shape index (κ2) is 5.04. The third-order valence-corrected chi connectivity index (χ3v) is 4.13. The number of hydrogen-bond donors (Lipinski definition) is 2. The summed E-state index contributed by atoms with van der Waals surface area (Å²) >= 11 is 6.10. The number of nitrogens with one attached hydrogen (secondary N) is 1. The molecular weight excluding hydrogens is 276 g/mol. The smallest absolute Gasteiger partial charge is 0.269 e. The molecule has 0 spiro atoms. The number of pyridine rings is 1. The van der Waals surface area contributed by atoms with E-state index in [-0.39, 0.29) is 17.9 Å². The molecule has 3 rings (SSSR count). The number of aliphatic hydroxyl groups excluding tert-OH is 1. The Bertz CT molecular complexity index is 668. The third-order valence-electron chi connectivity index (χ3n) is 3.84. The van der Waals surface area contributed by atoms with Crippen LogP contribution in [0, 0.1) is 5.41 Å². The van der Waals surface area contributed by atoms with Crippen LogP contribution in [0.2, 0.25) is 5.15 Å². The van der Waals surface area contributed by atoms with Crippen LogP contribution >= 0.6 is 11.6 Å². The number of hydrogen-bond acceptors (Lipinski definition) is 3. The van der Waals surface area contributed by atoms with Gasteiger partial charge in [0.1, 0.15) is 10.8 Å². The highest BCUT2D eigenvalue weighted by molar-refractivity contribution is 6.34. The molecule has 1 fully saturated rings. The predicted octanol–water partition coefficient (Wildman–Crippen LogP) is 2.39. The lowest BCUT2D eigenvalue weighted by atomic mass is 10.1. The van der Waals surface area contributed by atoms with Gasteiger partial charge < -0.3 is 10.4 Å². The number of halogens is 1. The molecule has 1 heterocycles. The first-order chi connectivity index (χ1) is 9.63. The Kier molecular flexibility index (Phi) is 3.36. The van der Waals surface area contributed by atoms with E-state index in [9.17, 15) is 9.90 Å². The summed E-state index contributed by atoms with van der Waals surface area (Å²) in [6.07, 6.45) is 1.91. The molecule has 2 aromatic rings. The average molecular weight is 291 g/mol. The standard InChI is InChI=1S/C15H15ClN2O2/c16-13-11-4-2-1-3-10(11)7-12(18-13)14(20)17-8-15(9-19)5-6-15/h1-4,7,19H,5-6,8-9H2,(H,17,20). The van der Waals surface area contributed by atoms with Gasteiger partial charge in [-0.1, -0.05) is 35.9 Å². The topological polar surface area (TPSA) is 62.2 Å². The van der Waals surface area contributed by atoms with Crippen molar-refractivity contribution in [1.82, 2.24) is 10.3 Å². The highest BCUT2D eigenvalue weighted by Gasteiger charge is 2.42. The zero-order valence-corrected chi connectivity index (χ0v) is 11.7. The number of aliphatic hydroxyl groups is 1. The van der Waals surface area contributed by atoms with Crippen molar-refractivity contribution in [3.63, 3.8) is 0 Å². The molecule has 0 radical (unpaired) electrons. The first kappa shape index (κ1) is 13.3. The van der Waals surface area contributed by atoms with E-state index in [0.717, 1.165) is 23.6 Å². The minimum absolute atomic E-state index is 0.110. The Labute approximate surface area is 121 Å². The number of amides is 1. The highest BCUT2D eigenvalue weighted by Crippen LogP contribution is 2.44. The number of aromatic nitrogens is 1. The Hall–Kier alpha value is -1.65. The molecule has 1 aliphatic carbocycles. The van der Waals surface area contributed by atoms with Crippen molar-refractivity contribution in [3.8, 4) is 0 Å². The molecule has 5 heteroatoms. The Balaban J connectivity index is 1.81. The summed E-state index contributed by atoms with van der Waals surface area (Å²) in [6, 6.07) is 9.28. The molecule has 0 saturated heterocycles. The van der Waals surface area contributed by atoms with Crippen LogP contribution in [0.4, 0.5) is 0 Å². The first-order valence-electron chi connectivity index (χ1n) is 6.58. The van der Waals surface area contributed by atoms with E-state index in [1.165, 1.54) is 0 Å². The van der Waals surface area contributed by atoms with Crippen LogP contribution in [-0.4, -0.2) is 29.1 Å². The van der Waals surface area contributed by atoms with Crippen LogP contribution in [0.1, 0.15) is 23.3 Å². The van der Waals surface area contributed by atoms with Gasteiger partial charge in [-0.3, -0.25) is 4.79 Å². The summed E-state index contributed by atoms with van der Waals surface area (Å²) < 4.78 is 0. The Morgan fingerprint density at radius 1 is 1.40 bits per heavy atom. The number of fused-ring (bicyclic) bond motifs is 1. The van der Waals surface area contributed by atoms with E-state index in [2.05, 4.69) is 10.3 Å². The molecule has 104 valence electrons. The van der Waals surface area contributed by atoms with Crippen LogP contribution in [0.25, 0.3) is 10.8 Å². The molecular formula is C15H15ClN2O2. The zero-order valence-electron chi connectivity index (χ0n) is 10.9. The Morgan fingerprint density at radius 2 is 2.15 bits per heavy atom. The molecule has 1 aliphatic rings. The number of carbonyl (C=O) groups excluding carboxylic acids is 1. The second-order valence-corrected chi connectivity index (χ2v) is 5.72. The van der Waals surface area contributed by atoms with Gasteiger partial charge in [0.15, 0.2) is 0 Å². The van der Waals surface area contributed by atoms with Gasteiger partial charge >= 0.3 is 0 Å². The predicted molar refractivity (Wildman–Crippen MR) is 77.8 cm³/mol. The molecule has 1 aromatic heterocycles. The third kappa shape index (κ3) is 2.49. The van der Waals surface area contributed by atoms with Gasteiger partial charge in [0.25, 0.3) is 5.91 Å². The van der Waals surface area contributed by atoms with Gasteiger partial charge in [-0.15, -0.1) is 0 Å². The summed E-state index contributed by atoms with van der Waals surface area (Å²) in [5, 5.41) is 14.1. The summed E-state index contributed by atoms with van der Waals surface area (Å²) in [5.74, 6) is -0.252. The highest BCUT2D eigenvalue weighted by atomic mass is 35.5. The van der Waals surface area contributed by atoms with Crippen LogP contribution in [0.15, 0.2) is 30.3 Å². The van der Waals surface area contributed by atoms with Crippen molar-refractivity contribution in [2.45, 2.75) is 12.8 Å². The molecule has 1 amide bonds. The molecule has 2 N–H and O–H groups in total. The fourth-order valence-corrected chi connectivity index (χ4v) is 2.46. The molecule has 0 atom stereocenters. The number of nitrogens with zero attached hydrogens (tertiary/aromatic N) is 1. The fraction of sp³-hybridized carbons (Fsp3) is 0.333. The number of carbonyl (C=O) groups is 1. The molecule has 20 heavy (non-hydrogen) atoms. The van der Waals surface area contributed by atoms with Crippen molar-refractivity contribution in [2.24, 2.45) is 5.41 Å². The average Bonchev–Trinajstić information content (AvgIpc) is 3.25. The lowest BCUT2D eigenvalue weighted by Gasteiger charge is -2.12. The van der Waals surface area contributed by atoms with Crippen molar-refractivity contribution in [3.05, 3.63) is 41.2 Å². The van der Waals surface area contributed by atoms with E-state index in [4.69, 9.17) is 11.6 Å². The number of rotatable bonds is 4. The maximum Gasteiger partial charge on any atom is 0.269 e. The SMILES string of the molecule is O=C(NCC1(CO)CC1)c1cc2ccccc2c(Cl)n1. The minimum Gasteiger partial charge on any atom is -0.396 e.